The molecule has 1 fully saturated rings. The molecule has 1 saturated heterocycles. The van der Waals surface area contributed by atoms with E-state index < -0.39 is 5.60 Å². The Kier molecular flexibility index (Phi) is 4.74. The number of hydrogen-bond acceptors (Lipinski definition) is 3. The van der Waals surface area contributed by atoms with Crippen LogP contribution in [0, 0.1) is 11.3 Å². The topological polar surface area (TPSA) is 45.5 Å². The molecule has 0 aliphatic carbocycles. The van der Waals surface area contributed by atoms with Crippen LogP contribution in [-0.4, -0.2) is 6.61 Å². The van der Waals surface area contributed by atoms with Crippen molar-refractivity contribution in [3.8, 4) is 11.8 Å². The fourth-order valence-electron chi connectivity index (χ4n) is 1.72. The first kappa shape index (κ1) is 15.7. The summed E-state index contributed by atoms with van der Waals surface area (Å²) < 4.78 is 10.8. The van der Waals surface area contributed by atoms with Crippen LogP contribution in [0.5, 0.6) is 5.75 Å². The van der Waals surface area contributed by atoms with Gasteiger partial charge < -0.3 is 9.47 Å². The van der Waals surface area contributed by atoms with Crippen molar-refractivity contribution in [2.75, 3.05) is 6.61 Å². The maximum Gasteiger partial charge on any atom is 0.204 e. The molecule has 0 radical (unpaired) electrons. The first-order chi connectivity index (χ1) is 10.0. The normalized spacial score (nSPS) is 21.6. The van der Waals surface area contributed by atoms with E-state index in [-0.39, 0.29) is 0 Å². The van der Waals surface area contributed by atoms with Crippen molar-refractivity contribution in [3.63, 3.8) is 0 Å². The minimum absolute atomic E-state index is 0.368. The highest BCUT2D eigenvalue weighted by molar-refractivity contribution is 6.31. The lowest BCUT2D eigenvalue weighted by molar-refractivity contribution is 0.363. The molecule has 0 aromatic heterocycles. The van der Waals surface area contributed by atoms with E-state index >= 15 is 0 Å². The molecule has 0 saturated carbocycles. The summed E-state index contributed by atoms with van der Waals surface area (Å²) in [6.45, 7) is 5.72. The summed E-state index contributed by atoms with van der Waals surface area (Å²) in [4.78, 5) is 0. The second-order valence-electron chi connectivity index (χ2n) is 4.50. The van der Waals surface area contributed by atoms with Crippen molar-refractivity contribution in [1.29, 1.82) is 5.26 Å². The van der Waals surface area contributed by atoms with E-state index in [2.05, 4.69) is 12.6 Å². The number of benzene rings is 1. The Bertz CT molecular complexity index is 667. The number of ether oxygens (including phenoxy) is 2. The Morgan fingerprint density at radius 2 is 2.24 bits per heavy atom. The number of hydrogen-bond donors (Lipinski definition) is 0. The monoisotopic (exact) mass is 321 g/mol. The predicted molar refractivity (Wildman–Crippen MR) is 83.2 cm³/mol. The van der Waals surface area contributed by atoms with Crippen LogP contribution in [0.25, 0.3) is 0 Å². The van der Waals surface area contributed by atoms with Gasteiger partial charge in [-0.3, -0.25) is 0 Å². The van der Waals surface area contributed by atoms with Crippen LogP contribution in [0.3, 0.4) is 0 Å². The molecule has 0 amide bonds. The first-order valence-electron chi connectivity index (χ1n) is 6.20. The zero-order valence-electron chi connectivity index (χ0n) is 11.4. The van der Waals surface area contributed by atoms with Gasteiger partial charge in [-0.15, -0.1) is 0 Å². The molecule has 1 aliphatic heterocycles. The fourth-order valence-corrected chi connectivity index (χ4v) is 2.11. The predicted octanol–water partition coefficient (Wildman–Crippen LogP) is 4.68. The van der Waals surface area contributed by atoms with Crippen LogP contribution in [0.2, 0.25) is 5.02 Å². The van der Waals surface area contributed by atoms with Crippen molar-refractivity contribution < 1.29 is 9.47 Å². The number of halogens is 2. The zero-order chi connectivity index (χ0) is 15.5. The summed E-state index contributed by atoms with van der Waals surface area (Å²) in [5.74, 6) is 1.23. The van der Waals surface area contributed by atoms with Crippen molar-refractivity contribution in [2.24, 2.45) is 0 Å². The lowest BCUT2D eigenvalue weighted by Gasteiger charge is -2.10. The minimum atomic E-state index is -0.888. The Hall–Kier alpha value is -1.73. The second-order valence-corrected chi connectivity index (χ2v) is 5.35. The Morgan fingerprint density at radius 3 is 2.76 bits per heavy atom. The van der Waals surface area contributed by atoms with Crippen LogP contribution in [0.1, 0.15) is 12.5 Å². The molecule has 108 valence electrons. The molecule has 1 unspecified atom stereocenters. The third-order valence-electron chi connectivity index (χ3n) is 2.94. The standard InChI is InChI=1S/C16H13Cl2NO2/c1-3-12(17)5-4-11(2)21-13-6-7-14(15(18)8-13)16(9-19)10-20-16/h3-8H,1,10H2,2H3/b11-4+,12-5+. The SMILES string of the molecule is C=C/C(Cl)=C\C=C(/C)Oc1ccc(C2(C#N)CO2)c(Cl)c1. The highest BCUT2D eigenvalue weighted by atomic mass is 35.5. The number of nitriles is 1. The van der Waals surface area contributed by atoms with E-state index in [0.29, 0.717) is 33.7 Å². The zero-order valence-corrected chi connectivity index (χ0v) is 12.9. The van der Waals surface area contributed by atoms with Crippen molar-refractivity contribution in [3.05, 3.63) is 64.4 Å². The maximum absolute atomic E-state index is 9.09. The number of nitrogens with zero attached hydrogens (tertiary/aromatic N) is 1. The molecule has 1 aromatic rings. The minimum Gasteiger partial charge on any atom is -0.462 e. The summed E-state index contributed by atoms with van der Waals surface area (Å²) in [5, 5.41) is 10.1. The summed E-state index contributed by atoms with van der Waals surface area (Å²) in [5.41, 5.74) is -0.226. The highest BCUT2D eigenvalue weighted by Crippen LogP contribution is 2.42. The van der Waals surface area contributed by atoms with E-state index in [1.165, 1.54) is 6.08 Å². The molecule has 5 heteroatoms. The van der Waals surface area contributed by atoms with E-state index in [4.69, 9.17) is 37.9 Å². The number of allylic oxidation sites excluding steroid dienone is 5. The Balaban J connectivity index is 2.15. The van der Waals surface area contributed by atoms with Gasteiger partial charge in [0.15, 0.2) is 0 Å². The second kappa shape index (κ2) is 6.36. The average Bonchev–Trinajstić information content (AvgIpc) is 3.25. The van der Waals surface area contributed by atoms with Gasteiger partial charge in [0, 0.05) is 10.6 Å². The molecule has 21 heavy (non-hydrogen) atoms. The van der Waals surface area contributed by atoms with Gasteiger partial charge >= 0.3 is 0 Å². The van der Waals surface area contributed by atoms with Crippen molar-refractivity contribution in [1.82, 2.24) is 0 Å². The molecule has 0 N–H and O–H groups in total. The van der Waals surface area contributed by atoms with Gasteiger partial charge in [0.2, 0.25) is 5.60 Å². The van der Waals surface area contributed by atoms with E-state index in [9.17, 15) is 0 Å². The molecular weight excluding hydrogens is 309 g/mol. The van der Waals surface area contributed by atoms with Gasteiger partial charge in [0.05, 0.1) is 11.6 Å². The van der Waals surface area contributed by atoms with Gasteiger partial charge in [-0.05, 0) is 37.3 Å². The quantitative estimate of drug-likeness (QED) is 0.449. The molecule has 2 rings (SSSR count). The third-order valence-corrected chi connectivity index (χ3v) is 3.53. The van der Waals surface area contributed by atoms with Crippen LogP contribution in [0.15, 0.2) is 53.8 Å². The third kappa shape index (κ3) is 3.68. The first-order valence-corrected chi connectivity index (χ1v) is 6.96. The molecule has 0 spiro atoms. The molecule has 1 atom stereocenters. The Morgan fingerprint density at radius 1 is 1.52 bits per heavy atom. The highest BCUT2D eigenvalue weighted by Gasteiger charge is 2.48. The largest absolute Gasteiger partial charge is 0.462 e. The van der Waals surface area contributed by atoms with Crippen molar-refractivity contribution in [2.45, 2.75) is 12.5 Å². The summed E-state index contributed by atoms with van der Waals surface area (Å²) >= 11 is 12.0. The lowest BCUT2D eigenvalue weighted by atomic mass is 10.0. The van der Waals surface area contributed by atoms with E-state index in [1.807, 2.05) is 0 Å². The van der Waals surface area contributed by atoms with Crippen LogP contribution >= 0.6 is 23.2 Å². The summed E-state index contributed by atoms with van der Waals surface area (Å²) in [6, 6.07) is 7.27. The smallest absolute Gasteiger partial charge is 0.204 e. The van der Waals surface area contributed by atoms with Gasteiger partial charge in [0.1, 0.15) is 17.6 Å². The molecule has 1 heterocycles. The van der Waals surface area contributed by atoms with Gasteiger partial charge in [-0.2, -0.15) is 5.26 Å². The molecule has 3 nitrogen and oxygen atoms in total. The molecule has 0 bridgehead atoms. The average molecular weight is 322 g/mol. The van der Waals surface area contributed by atoms with E-state index in [0.717, 1.165) is 0 Å². The summed E-state index contributed by atoms with van der Waals surface area (Å²) in [6.07, 6.45) is 4.95. The van der Waals surface area contributed by atoms with Crippen LogP contribution < -0.4 is 4.74 Å². The number of rotatable bonds is 5. The van der Waals surface area contributed by atoms with E-state index in [1.54, 1.807) is 37.3 Å². The fraction of sp³-hybridized carbons (Fsp3) is 0.188. The molecule has 1 aromatic carbocycles. The van der Waals surface area contributed by atoms with Gasteiger partial charge in [0.25, 0.3) is 0 Å². The molecule has 1 aliphatic rings. The van der Waals surface area contributed by atoms with Crippen LogP contribution in [-0.2, 0) is 10.3 Å². The summed E-state index contributed by atoms with van der Waals surface area (Å²) in [7, 11) is 0. The Labute approximate surface area is 133 Å². The maximum atomic E-state index is 9.09. The van der Waals surface area contributed by atoms with Crippen molar-refractivity contribution >= 4 is 23.2 Å². The lowest BCUT2D eigenvalue weighted by Crippen LogP contribution is -2.05. The van der Waals surface area contributed by atoms with Gasteiger partial charge in [-0.25, -0.2) is 0 Å². The molecular formula is C16H13Cl2NO2. The van der Waals surface area contributed by atoms with Gasteiger partial charge in [-0.1, -0.05) is 35.9 Å². The number of epoxide rings is 1. The van der Waals surface area contributed by atoms with Crippen LogP contribution in [0.4, 0.5) is 0 Å².